The van der Waals surface area contributed by atoms with Crippen molar-refractivity contribution in [3.05, 3.63) is 120 Å². The summed E-state index contributed by atoms with van der Waals surface area (Å²) in [5, 5.41) is 19.9. The van der Waals surface area contributed by atoms with Gasteiger partial charge in [0.1, 0.15) is 29.3 Å². The van der Waals surface area contributed by atoms with Crippen molar-refractivity contribution >= 4 is 56.4 Å². The summed E-state index contributed by atoms with van der Waals surface area (Å²) in [5.74, 6) is 2.78. The van der Waals surface area contributed by atoms with Gasteiger partial charge in [-0.2, -0.15) is 0 Å². The molecule has 0 unspecified atom stereocenters. The van der Waals surface area contributed by atoms with Gasteiger partial charge in [-0.1, -0.05) is 93.6 Å². The van der Waals surface area contributed by atoms with E-state index in [-0.39, 0.29) is 30.8 Å². The lowest BCUT2D eigenvalue weighted by molar-refractivity contribution is -0.143. The molecule has 0 radical (unpaired) electrons. The molecule has 14 nitrogen and oxygen atoms in total. The molecule has 0 saturated heterocycles. The van der Waals surface area contributed by atoms with Crippen molar-refractivity contribution in [2.24, 2.45) is 5.92 Å². The van der Waals surface area contributed by atoms with Crippen LogP contribution in [-0.2, 0) is 32.2 Å². The molecule has 7 rings (SSSR count). The van der Waals surface area contributed by atoms with Gasteiger partial charge in [0, 0.05) is 30.5 Å². The van der Waals surface area contributed by atoms with Crippen LogP contribution in [0.25, 0.3) is 55.0 Å². The molecule has 14 heteroatoms. The van der Waals surface area contributed by atoms with Gasteiger partial charge < -0.3 is 40.2 Å². The normalized spacial score (nSPS) is 12.5. The van der Waals surface area contributed by atoms with Gasteiger partial charge in [0.05, 0.1) is 43.1 Å². The molecule has 67 heavy (non-hydrogen) atoms. The number of amides is 4. The first-order valence-electron chi connectivity index (χ1n) is 22.6. The van der Waals surface area contributed by atoms with E-state index in [0.29, 0.717) is 49.6 Å². The Morgan fingerprint density at radius 2 is 1.45 bits per heavy atom. The Hall–Kier alpha value is -7.50. The first-order chi connectivity index (χ1) is 32.1. The summed E-state index contributed by atoms with van der Waals surface area (Å²) >= 11 is 0. The van der Waals surface area contributed by atoms with Crippen molar-refractivity contribution in [2.45, 2.75) is 84.7 Å². The molecule has 0 fully saturated rings. The molecule has 346 valence electrons. The molecule has 0 aliphatic heterocycles. The topological polar surface area (TPSA) is 186 Å². The first kappa shape index (κ1) is 47.5. The van der Waals surface area contributed by atoms with Gasteiger partial charge in [-0.05, 0) is 89.7 Å². The van der Waals surface area contributed by atoms with Gasteiger partial charge in [0.2, 0.25) is 11.8 Å². The number of alkyl carbamates (subject to hydrolysis) is 1. The summed E-state index contributed by atoms with van der Waals surface area (Å²) in [6.45, 7) is 9.88. The van der Waals surface area contributed by atoms with E-state index in [9.17, 15) is 24.3 Å². The van der Waals surface area contributed by atoms with Crippen LogP contribution in [0.15, 0.2) is 103 Å². The SMILES string of the molecule is C#CCCN(Cc1nc2ccc3cc(-c4ccc5cc(-c6cnc(CN(CCC)C(=O)[C@H](NC(=O)C(C)(C)O)c7ccccc7)[nH]6)ccc5c4)ccc3c2[nH]1)C(=O)[C@H](CC(C)C)NC(=O)OC. The lowest BCUT2D eigenvalue weighted by atomic mass is 9.97. The van der Waals surface area contributed by atoms with Gasteiger partial charge in [0.15, 0.2) is 0 Å². The smallest absolute Gasteiger partial charge is 0.407 e. The fraction of sp³-hybridized carbons (Fsp3) is 0.321. The molecule has 2 heterocycles. The average Bonchev–Trinajstić information content (AvgIpc) is 3.97. The average molecular weight is 903 g/mol. The van der Waals surface area contributed by atoms with E-state index in [1.807, 2.05) is 57.2 Å². The highest BCUT2D eigenvalue weighted by Gasteiger charge is 2.33. The Labute approximate surface area is 390 Å². The van der Waals surface area contributed by atoms with E-state index in [1.165, 1.54) is 21.0 Å². The van der Waals surface area contributed by atoms with Crippen molar-refractivity contribution in [2.75, 3.05) is 20.2 Å². The molecule has 7 aromatic rings. The number of fused-ring (bicyclic) bond motifs is 4. The van der Waals surface area contributed by atoms with E-state index in [0.717, 1.165) is 55.0 Å². The number of terminal acetylenes is 1. The lowest BCUT2D eigenvalue weighted by Gasteiger charge is -2.29. The summed E-state index contributed by atoms with van der Waals surface area (Å²) in [5.41, 5.74) is 4.45. The molecule has 0 bridgehead atoms. The van der Waals surface area contributed by atoms with Gasteiger partial charge in [-0.15, -0.1) is 12.3 Å². The number of hydrogen-bond acceptors (Lipinski definition) is 8. The second kappa shape index (κ2) is 20.8. The quantitative estimate of drug-likeness (QED) is 0.0532. The van der Waals surface area contributed by atoms with Crippen molar-refractivity contribution < 1.29 is 29.0 Å². The van der Waals surface area contributed by atoms with Gasteiger partial charge in [0.25, 0.3) is 5.91 Å². The first-order valence-corrected chi connectivity index (χ1v) is 22.6. The molecule has 2 aromatic heterocycles. The van der Waals surface area contributed by atoms with Crippen LogP contribution in [0.5, 0.6) is 0 Å². The molecular weight excluding hydrogens is 845 g/mol. The zero-order valence-electron chi connectivity index (χ0n) is 38.9. The second-order valence-corrected chi connectivity index (χ2v) is 17.8. The van der Waals surface area contributed by atoms with E-state index >= 15 is 0 Å². The summed E-state index contributed by atoms with van der Waals surface area (Å²) in [7, 11) is 1.27. The number of benzene rings is 5. The summed E-state index contributed by atoms with van der Waals surface area (Å²) in [6.07, 6.45) is 8.18. The number of aliphatic hydroxyl groups is 1. The zero-order valence-corrected chi connectivity index (χ0v) is 38.9. The number of ether oxygens (including phenoxy) is 1. The molecule has 2 atom stereocenters. The molecule has 5 N–H and O–H groups in total. The van der Waals surface area contributed by atoms with Crippen molar-refractivity contribution in [1.82, 2.24) is 40.4 Å². The maximum absolute atomic E-state index is 14.1. The number of H-pyrrole nitrogens is 2. The maximum Gasteiger partial charge on any atom is 0.407 e. The second-order valence-electron chi connectivity index (χ2n) is 17.8. The van der Waals surface area contributed by atoms with Gasteiger partial charge in [-0.25, -0.2) is 14.8 Å². The van der Waals surface area contributed by atoms with E-state index in [4.69, 9.17) is 16.1 Å². The Morgan fingerprint density at radius 1 is 0.806 bits per heavy atom. The molecule has 0 aliphatic rings. The van der Waals surface area contributed by atoms with Crippen LogP contribution in [0.2, 0.25) is 0 Å². The van der Waals surface area contributed by atoms with Gasteiger partial charge >= 0.3 is 6.09 Å². The number of aromatic nitrogens is 4. The monoisotopic (exact) mass is 902 g/mol. The summed E-state index contributed by atoms with van der Waals surface area (Å²) in [6, 6.07) is 30.3. The molecule has 0 aliphatic carbocycles. The Balaban J connectivity index is 1.07. The van der Waals surface area contributed by atoms with Crippen LogP contribution in [0, 0.1) is 18.3 Å². The number of methoxy groups -OCH3 is 1. The number of carbonyl (C=O) groups is 4. The fourth-order valence-electron chi connectivity index (χ4n) is 8.20. The van der Waals surface area contributed by atoms with Crippen LogP contribution < -0.4 is 10.6 Å². The Morgan fingerprint density at radius 3 is 2.12 bits per heavy atom. The molecule has 0 spiro atoms. The van der Waals surface area contributed by atoms with Crippen LogP contribution in [0.1, 0.15) is 77.1 Å². The number of imidazole rings is 2. The lowest BCUT2D eigenvalue weighted by Crippen LogP contribution is -2.49. The maximum atomic E-state index is 14.1. The highest BCUT2D eigenvalue weighted by atomic mass is 16.5. The molecular formula is C53H58N8O6. The fourth-order valence-corrected chi connectivity index (χ4v) is 8.20. The van der Waals surface area contributed by atoms with Gasteiger partial charge in [-0.3, -0.25) is 14.4 Å². The third kappa shape index (κ3) is 11.3. The third-order valence-electron chi connectivity index (χ3n) is 11.7. The minimum Gasteiger partial charge on any atom is -0.453 e. The third-order valence-corrected chi connectivity index (χ3v) is 11.7. The van der Waals surface area contributed by atoms with E-state index in [2.05, 4.69) is 80.0 Å². The highest BCUT2D eigenvalue weighted by Crippen LogP contribution is 2.32. The van der Waals surface area contributed by atoms with E-state index < -0.39 is 29.7 Å². The summed E-state index contributed by atoms with van der Waals surface area (Å²) < 4.78 is 4.80. The van der Waals surface area contributed by atoms with Crippen LogP contribution >= 0.6 is 0 Å². The number of nitrogens with zero attached hydrogens (tertiary/aromatic N) is 4. The molecule has 0 saturated carbocycles. The van der Waals surface area contributed by atoms with Crippen molar-refractivity contribution in [1.29, 1.82) is 0 Å². The largest absolute Gasteiger partial charge is 0.453 e. The Bertz CT molecular complexity index is 2940. The van der Waals surface area contributed by atoms with Crippen LogP contribution in [0.4, 0.5) is 4.79 Å². The standard InChI is InChI=1S/C53H58N8O6/c1-8-10-25-61(49(62)43(26-33(3)4)57-52(65)67-7)32-46-55-42-23-21-39-28-38(20-22-41(39)48(42)58-46)35-16-17-37-29-40(19-18-36(37)27-35)44-30-54-45(56-44)31-60(24-9-2)50(63)47(34-14-12-11-13-15-34)59-51(64)53(5,6)66/h1,11-23,27-30,33,43,47,66H,9-10,24-26,31-32H2,2-7H3,(H,54,56)(H,55,58)(H,57,65)(H,59,64)/t43-,47+/m0/s1. The number of carbonyl (C=O) groups excluding carboxylic acids is 4. The molecule has 4 amide bonds. The van der Waals surface area contributed by atoms with Crippen LogP contribution in [-0.4, -0.2) is 90.5 Å². The molecule has 5 aromatic carbocycles. The number of hydrogen-bond donors (Lipinski definition) is 5. The predicted molar refractivity (Wildman–Crippen MR) is 261 cm³/mol. The highest BCUT2D eigenvalue weighted by molar-refractivity contribution is 6.05. The van der Waals surface area contributed by atoms with E-state index in [1.54, 1.807) is 28.1 Å². The number of nitrogens with one attached hydrogen (secondary N) is 4. The van der Waals surface area contributed by atoms with Crippen molar-refractivity contribution in [3.63, 3.8) is 0 Å². The predicted octanol–water partition coefficient (Wildman–Crippen LogP) is 8.42. The number of rotatable bonds is 18. The minimum absolute atomic E-state index is 0.148. The van der Waals surface area contributed by atoms with Crippen molar-refractivity contribution in [3.8, 4) is 34.7 Å². The zero-order chi connectivity index (χ0) is 47.8. The Kier molecular flexibility index (Phi) is 14.7. The number of aromatic amines is 2. The minimum atomic E-state index is -1.66. The van der Waals surface area contributed by atoms with Crippen LogP contribution in [0.3, 0.4) is 0 Å². The summed E-state index contributed by atoms with van der Waals surface area (Å²) in [4.78, 5) is 72.5.